The van der Waals surface area contributed by atoms with E-state index in [2.05, 4.69) is 6.07 Å². The lowest BCUT2D eigenvalue weighted by atomic mass is 10.0. The second-order valence-electron chi connectivity index (χ2n) is 5.60. The monoisotopic (exact) mass is 271 g/mol. The molecule has 1 saturated carbocycles. The summed E-state index contributed by atoms with van der Waals surface area (Å²) in [5.74, 6) is -0.787. The van der Waals surface area contributed by atoms with Crippen LogP contribution in [0.2, 0.25) is 0 Å². The van der Waals surface area contributed by atoms with Gasteiger partial charge in [-0.15, -0.1) is 0 Å². The predicted octanol–water partition coefficient (Wildman–Crippen LogP) is 2.96. The van der Waals surface area contributed by atoms with Gasteiger partial charge in [0.15, 0.2) is 0 Å². The Balaban J connectivity index is 2.27. The molecule has 2 unspecified atom stereocenters. The van der Waals surface area contributed by atoms with E-state index in [-0.39, 0.29) is 11.3 Å². The van der Waals surface area contributed by atoms with E-state index in [1.54, 1.807) is 13.2 Å². The zero-order valence-corrected chi connectivity index (χ0v) is 11.8. The van der Waals surface area contributed by atoms with Crippen molar-refractivity contribution in [1.82, 2.24) is 0 Å². The molecule has 2 rings (SSSR count). The Hall–Kier alpha value is -2.28. The number of carboxylic acid groups (broad SMARTS) is 1. The van der Waals surface area contributed by atoms with Crippen LogP contribution in [-0.4, -0.2) is 18.2 Å². The van der Waals surface area contributed by atoms with Gasteiger partial charge in [-0.1, -0.05) is 26.0 Å². The summed E-state index contributed by atoms with van der Waals surface area (Å²) >= 11 is 0. The Bertz CT molecular complexity index is 593. The van der Waals surface area contributed by atoms with Gasteiger partial charge in [-0.2, -0.15) is 5.26 Å². The third-order valence-corrected chi connectivity index (χ3v) is 4.00. The summed E-state index contributed by atoms with van der Waals surface area (Å²) in [5.41, 5.74) is 1.03. The van der Waals surface area contributed by atoms with Crippen molar-refractivity contribution in [1.29, 1.82) is 5.26 Å². The zero-order chi connectivity index (χ0) is 14.9. The smallest absolute Gasteiger partial charge is 0.307 e. The Morgan fingerprint density at radius 2 is 1.95 bits per heavy atom. The van der Waals surface area contributed by atoms with Crippen molar-refractivity contribution in [2.45, 2.75) is 13.8 Å². The van der Waals surface area contributed by atoms with E-state index in [9.17, 15) is 15.2 Å². The number of nitrogens with zero attached hydrogens (tertiary/aromatic N) is 1. The predicted molar refractivity (Wildman–Crippen MR) is 75.0 cm³/mol. The zero-order valence-electron chi connectivity index (χ0n) is 11.8. The van der Waals surface area contributed by atoms with Crippen LogP contribution in [-0.2, 0) is 4.79 Å². The first kappa shape index (κ1) is 14.1. The molecule has 1 aromatic rings. The van der Waals surface area contributed by atoms with Gasteiger partial charge in [-0.05, 0) is 29.2 Å². The third-order valence-electron chi connectivity index (χ3n) is 4.00. The van der Waals surface area contributed by atoms with Crippen molar-refractivity contribution in [2.24, 2.45) is 17.3 Å². The molecular weight excluding hydrogens is 254 g/mol. The summed E-state index contributed by atoms with van der Waals surface area (Å²) in [4.78, 5) is 11.2. The highest BCUT2D eigenvalue weighted by Crippen LogP contribution is 2.61. The Morgan fingerprint density at radius 3 is 2.35 bits per heavy atom. The first-order chi connectivity index (χ1) is 9.41. The number of aliphatic carboxylic acids is 1. The standard InChI is InChI=1S/C16H17NO3/c1-16(2)13(14(16)15(18)19)11(9-17)8-10-4-6-12(20-3)7-5-10/h4-8,13-14H,1-3H3,(H,18,19)/b11-8+. The van der Waals surface area contributed by atoms with Gasteiger partial charge in [0.1, 0.15) is 5.75 Å². The quantitative estimate of drug-likeness (QED) is 0.855. The molecule has 0 aromatic heterocycles. The van der Waals surface area contributed by atoms with Crippen molar-refractivity contribution < 1.29 is 14.6 Å². The number of rotatable bonds is 4. The lowest BCUT2D eigenvalue weighted by Crippen LogP contribution is -2.03. The molecule has 1 aromatic carbocycles. The van der Waals surface area contributed by atoms with Gasteiger partial charge in [0.25, 0.3) is 0 Å². The van der Waals surface area contributed by atoms with E-state index in [0.29, 0.717) is 5.57 Å². The second kappa shape index (κ2) is 5.01. The van der Waals surface area contributed by atoms with Crippen LogP contribution in [0.15, 0.2) is 29.8 Å². The highest BCUT2D eigenvalue weighted by molar-refractivity contribution is 5.78. The minimum Gasteiger partial charge on any atom is -0.497 e. The van der Waals surface area contributed by atoms with Crippen molar-refractivity contribution in [2.75, 3.05) is 7.11 Å². The van der Waals surface area contributed by atoms with E-state index in [0.717, 1.165) is 11.3 Å². The van der Waals surface area contributed by atoms with E-state index in [4.69, 9.17) is 4.74 Å². The molecule has 2 atom stereocenters. The maximum atomic E-state index is 11.2. The molecule has 20 heavy (non-hydrogen) atoms. The molecule has 1 fully saturated rings. The van der Waals surface area contributed by atoms with Gasteiger partial charge in [0.2, 0.25) is 0 Å². The molecule has 104 valence electrons. The molecule has 1 aliphatic carbocycles. The third kappa shape index (κ3) is 2.39. The molecule has 0 aliphatic heterocycles. The number of carboxylic acids is 1. The number of hydrogen-bond donors (Lipinski definition) is 1. The van der Waals surface area contributed by atoms with Crippen LogP contribution in [0, 0.1) is 28.6 Å². The molecule has 0 heterocycles. The van der Waals surface area contributed by atoms with Crippen LogP contribution in [0.3, 0.4) is 0 Å². The minimum atomic E-state index is -0.837. The lowest BCUT2D eigenvalue weighted by Gasteiger charge is -2.02. The first-order valence-corrected chi connectivity index (χ1v) is 6.40. The molecule has 4 nitrogen and oxygen atoms in total. The summed E-state index contributed by atoms with van der Waals surface area (Å²) in [5, 5.41) is 18.5. The highest BCUT2D eigenvalue weighted by atomic mass is 16.5. The first-order valence-electron chi connectivity index (χ1n) is 6.40. The average Bonchev–Trinajstić information content (AvgIpc) is 2.99. The molecule has 0 saturated heterocycles. The normalized spacial score (nSPS) is 23.8. The van der Waals surface area contributed by atoms with Gasteiger partial charge in [-0.25, -0.2) is 0 Å². The molecule has 0 spiro atoms. The SMILES string of the molecule is COc1ccc(/C=C(\C#N)C2C(C(=O)O)C2(C)C)cc1. The van der Waals surface area contributed by atoms with E-state index >= 15 is 0 Å². The van der Waals surface area contributed by atoms with Gasteiger partial charge in [0.05, 0.1) is 19.1 Å². The molecule has 4 heteroatoms. The summed E-state index contributed by atoms with van der Waals surface area (Å²) in [6.45, 7) is 3.77. The van der Waals surface area contributed by atoms with Gasteiger partial charge < -0.3 is 9.84 Å². The van der Waals surface area contributed by atoms with Crippen molar-refractivity contribution in [3.63, 3.8) is 0 Å². The molecule has 0 radical (unpaired) electrons. The van der Waals surface area contributed by atoms with Crippen molar-refractivity contribution in [3.8, 4) is 11.8 Å². The molecule has 1 N–H and O–H groups in total. The second-order valence-corrected chi connectivity index (χ2v) is 5.60. The molecule has 0 amide bonds. The Kier molecular flexibility index (Phi) is 3.54. The largest absolute Gasteiger partial charge is 0.497 e. The number of allylic oxidation sites excluding steroid dienone is 1. The molecule has 0 bridgehead atoms. The Labute approximate surface area is 118 Å². The van der Waals surface area contributed by atoms with Gasteiger partial charge in [-0.3, -0.25) is 4.79 Å². The van der Waals surface area contributed by atoms with Crippen molar-refractivity contribution in [3.05, 3.63) is 35.4 Å². The lowest BCUT2D eigenvalue weighted by molar-refractivity contribution is -0.139. The van der Waals surface area contributed by atoms with Crippen LogP contribution in [0.1, 0.15) is 19.4 Å². The van der Waals surface area contributed by atoms with Crippen LogP contribution >= 0.6 is 0 Å². The average molecular weight is 271 g/mol. The maximum absolute atomic E-state index is 11.2. The van der Waals surface area contributed by atoms with Crippen LogP contribution in [0.4, 0.5) is 0 Å². The number of ether oxygens (including phenoxy) is 1. The minimum absolute atomic E-state index is 0.216. The summed E-state index contributed by atoms with van der Waals surface area (Å²) in [6, 6.07) is 9.47. The molecule has 1 aliphatic rings. The summed E-state index contributed by atoms with van der Waals surface area (Å²) < 4.78 is 5.08. The van der Waals surface area contributed by atoms with Crippen LogP contribution in [0.25, 0.3) is 6.08 Å². The summed E-state index contributed by atoms with van der Waals surface area (Å²) in [6.07, 6.45) is 1.76. The van der Waals surface area contributed by atoms with E-state index in [1.807, 2.05) is 38.1 Å². The van der Waals surface area contributed by atoms with E-state index < -0.39 is 11.9 Å². The highest BCUT2D eigenvalue weighted by Gasteiger charge is 2.63. The van der Waals surface area contributed by atoms with Gasteiger partial charge >= 0.3 is 5.97 Å². The molecular formula is C16H17NO3. The number of nitriles is 1. The topological polar surface area (TPSA) is 70.3 Å². The fraction of sp³-hybridized carbons (Fsp3) is 0.375. The van der Waals surface area contributed by atoms with Gasteiger partial charge in [0, 0.05) is 11.5 Å². The number of methoxy groups -OCH3 is 1. The number of carbonyl (C=O) groups is 1. The summed E-state index contributed by atoms with van der Waals surface area (Å²) in [7, 11) is 1.59. The number of hydrogen-bond acceptors (Lipinski definition) is 3. The fourth-order valence-electron chi connectivity index (χ4n) is 2.75. The fourth-order valence-corrected chi connectivity index (χ4v) is 2.75. The number of benzene rings is 1. The van der Waals surface area contributed by atoms with E-state index in [1.165, 1.54) is 0 Å². The maximum Gasteiger partial charge on any atom is 0.307 e. The van der Waals surface area contributed by atoms with Crippen molar-refractivity contribution >= 4 is 12.0 Å². The van der Waals surface area contributed by atoms with Crippen LogP contribution in [0.5, 0.6) is 5.75 Å². The van der Waals surface area contributed by atoms with Crippen LogP contribution < -0.4 is 4.74 Å². The Morgan fingerprint density at radius 1 is 1.35 bits per heavy atom.